The highest BCUT2D eigenvalue weighted by molar-refractivity contribution is 6.42. The predicted octanol–water partition coefficient (Wildman–Crippen LogP) is 5.51. The molecule has 2 aromatic rings. The van der Waals surface area contributed by atoms with E-state index in [9.17, 15) is 0 Å². The van der Waals surface area contributed by atoms with E-state index in [0.29, 0.717) is 47.6 Å². The predicted molar refractivity (Wildman–Crippen MR) is 115 cm³/mol. The summed E-state index contributed by atoms with van der Waals surface area (Å²) < 4.78 is 0. The van der Waals surface area contributed by atoms with Crippen molar-refractivity contribution >= 4 is 34.9 Å². The van der Waals surface area contributed by atoms with Gasteiger partial charge in [-0.2, -0.15) is 0 Å². The van der Waals surface area contributed by atoms with Crippen molar-refractivity contribution < 1.29 is 0 Å². The van der Waals surface area contributed by atoms with Crippen LogP contribution in [0.15, 0.2) is 48.5 Å². The van der Waals surface area contributed by atoms with Crippen molar-refractivity contribution in [2.24, 2.45) is 5.73 Å². The van der Waals surface area contributed by atoms with Gasteiger partial charge in [0.2, 0.25) is 0 Å². The average Bonchev–Trinajstić information content (AvgIpc) is 2.66. The summed E-state index contributed by atoms with van der Waals surface area (Å²) in [7, 11) is 0. The zero-order valence-electron chi connectivity index (χ0n) is 15.3. The molecule has 0 aliphatic heterocycles. The molecule has 0 saturated carbocycles. The fraction of sp³-hybridized carbons (Fsp3) is 0.333. The Hall–Kier alpha value is -1.88. The Morgan fingerprint density at radius 3 is 2.26 bits per heavy atom. The third-order valence-electron chi connectivity index (χ3n) is 4.31. The molecule has 0 atom stereocenters. The van der Waals surface area contributed by atoms with Crippen molar-refractivity contribution in [3.8, 4) is 0 Å². The number of nitrogens with zero attached hydrogens (tertiary/aromatic N) is 1. The van der Waals surface area contributed by atoms with Gasteiger partial charge < -0.3 is 10.6 Å². The van der Waals surface area contributed by atoms with Gasteiger partial charge in [0.15, 0.2) is 0 Å². The Balaban J connectivity index is 2.12. The van der Waals surface area contributed by atoms with Crippen LogP contribution in [0.25, 0.3) is 0 Å². The summed E-state index contributed by atoms with van der Waals surface area (Å²) in [6, 6.07) is 15.3. The van der Waals surface area contributed by atoms with Crippen LogP contribution >= 0.6 is 23.2 Å². The quantitative estimate of drug-likeness (QED) is 0.292. The minimum atomic E-state index is 0.399. The molecule has 27 heavy (non-hydrogen) atoms. The number of halogens is 2. The van der Waals surface area contributed by atoms with Crippen LogP contribution in [0.5, 0.6) is 0 Å². The van der Waals surface area contributed by atoms with Gasteiger partial charge in [0.25, 0.3) is 0 Å². The van der Waals surface area contributed by atoms with Gasteiger partial charge in [-0.1, -0.05) is 66.0 Å². The highest BCUT2D eigenvalue weighted by Crippen LogP contribution is 2.24. The van der Waals surface area contributed by atoms with E-state index in [1.165, 1.54) is 0 Å². The summed E-state index contributed by atoms with van der Waals surface area (Å²) in [6.45, 7) is 1.10. The maximum Gasteiger partial charge on any atom is 0.106 e. The van der Waals surface area contributed by atoms with Crippen molar-refractivity contribution in [3.05, 3.63) is 69.7 Å². The molecule has 4 nitrogen and oxygen atoms in total. The molecular formula is C21H26Cl2N4. The molecule has 0 fully saturated rings. The molecule has 0 aliphatic carbocycles. The van der Waals surface area contributed by atoms with Gasteiger partial charge in [-0.25, -0.2) is 0 Å². The lowest BCUT2D eigenvalue weighted by Crippen LogP contribution is -2.36. The first-order valence-corrected chi connectivity index (χ1v) is 9.87. The molecule has 0 aromatic heterocycles. The van der Waals surface area contributed by atoms with Gasteiger partial charge in [-0.3, -0.25) is 10.8 Å². The summed E-state index contributed by atoms with van der Waals surface area (Å²) in [4.78, 5) is 1.76. The highest BCUT2D eigenvalue weighted by Gasteiger charge is 2.16. The number of amidine groups is 2. The number of hydrogen-bond donors (Lipinski definition) is 3. The third kappa shape index (κ3) is 6.98. The lowest BCUT2D eigenvalue weighted by Gasteiger charge is -2.26. The molecule has 4 N–H and O–H groups in total. The van der Waals surface area contributed by atoms with Gasteiger partial charge in [0.1, 0.15) is 11.7 Å². The number of unbranched alkanes of at least 4 members (excludes halogenated alkanes) is 2. The topological polar surface area (TPSA) is 77.0 Å². The molecule has 0 amide bonds. The van der Waals surface area contributed by atoms with Crippen LogP contribution in [0.4, 0.5) is 0 Å². The maximum absolute atomic E-state index is 8.58. The van der Waals surface area contributed by atoms with Gasteiger partial charge in [-0.05, 0) is 42.6 Å². The fourth-order valence-electron chi connectivity index (χ4n) is 2.81. The molecule has 0 aliphatic rings. The molecule has 0 unspecified atom stereocenters. The summed E-state index contributed by atoms with van der Waals surface area (Å²) in [6.07, 6.45) is 3.95. The van der Waals surface area contributed by atoms with Gasteiger partial charge >= 0.3 is 0 Å². The van der Waals surface area contributed by atoms with E-state index in [-0.39, 0.29) is 0 Å². The molecule has 0 heterocycles. The number of rotatable bonds is 9. The lowest BCUT2D eigenvalue weighted by molar-refractivity contribution is 0.559. The second kappa shape index (κ2) is 11.1. The van der Waals surface area contributed by atoms with E-state index in [0.717, 1.165) is 30.4 Å². The second-order valence-electron chi connectivity index (χ2n) is 6.49. The van der Waals surface area contributed by atoms with Crippen LogP contribution < -0.4 is 5.73 Å². The van der Waals surface area contributed by atoms with Crippen LogP contribution in [0.3, 0.4) is 0 Å². The molecule has 144 valence electrons. The van der Waals surface area contributed by atoms with Gasteiger partial charge in [0, 0.05) is 12.8 Å². The van der Waals surface area contributed by atoms with Gasteiger partial charge in [0.05, 0.1) is 16.6 Å². The van der Waals surface area contributed by atoms with E-state index in [4.69, 9.17) is 39.8 Å². The van der Waals surface area contributed by atoms with Crippen molar-refractivity contribution in [1.82, 2.24) is 4.90 Å². The second-order valence-corrected chi connectivity index (χ2v) is 7.30. The van der Waals surface area contributed by atoms with Crippen LogP contribution in [0.2, 0.25) is 10.0 Å². The number of nitrogens with two attached hydrogens (primary N) is 1. The highest BCUT2D eigenvalue weighted by atomic mass is 35.5. The van der Waals surface area contributed by atoms with E-state index in [2.05, 4.69) is 0 Å². The smallest absolute Gasteiger partial charge is 0.106 e. The molecule has 6 heteroatoms. The molecule has 0 spiro atoms. The number of hydrogen-bond acceptors (Lipinski definition) is 3. The van der Waals surface area contributed by atoms with E-state index >= 15 is 0 Å². The minimum Gasteiger partial charge on any atom is -0.330 e. The minimum absolute atomic E-state index is 0.399. The Morgan fingerprint density at radius 1 is 0.852 bits per heavy atom. The summed E-state index contributed by atoms with van der Waals surface area (Å²) >= 11 is 12.1. The first kappa shape index (κ1) is 21.4. The Bertz CT molecular complexity index is 762. The zero-order chi connectivity index (χ0) is 19.6. The molecule has 0 radical (unpaired) electrons. The summed E-state index contributed by atoms with van der Waals surface area (Å²) in [5.41, 5.74) is 7.52. The zero-order valence-corrected chi connectivity index (χ0v) is 16.9. The average molecular weight is 405 g/mol. The van der Waals surface area contributed by atoms with Crippen molar-refractivity contribution in [2.75, 3.05) is 6.54 Å². The van der Waals surface area contributed by atoms with Crippen LogP contribution in [-0.4, -0.2) is 23.1 Å². The lowest BCUT2D eigenvalue weighted by atomic mass is 10.1. The van der Waals surface area contributed by atoms with Crippen LogP contribution in [0.1, 0.15) is 36.8 Å². The normalized spacial score (nSPS) is 10.6. The summed E-state index contributed by atoms with van der Waals surface area (Å²) in [5, 5.41) is 18.1. The third-order valence-corrected chi connectivity index (χ3v) is 5.05. The number of nitrogens with one attached hydrogen (secondary N) is 2. The van der Waals surface area contributed by atoms with Crippen molar-refractivity contribution in [2.45, 2.75) is 38.6 Å². The first-order valence-electron chi connectivity index (χ1n) is 9.11. The maximum atomic E-state index is 8.58. The van der Waals surface area contributed by atoms with Crippen molar-refractivity contribution in [3.63, 3.8) is 0 Å². The molecule has 0 bridgehead atoms. The van der Waals surface area contributed by atoms with E-state index in [1.807, 2.05) is 36.4 Å². The molecule has 2 aromatic carbocycles. The van der Waals surface area contributed by atoms with E-state index in [1.54, 1.807) is 17.0 Å². The summed E-state index contributed by atoms with van der Waals surface area (Å²) in [5.74, 6) is 0.843. The SMILES string of the molecule is N=C(CCCCCN)N(Cc1ccc(Cl)c(Cl)c1)C(=N)Cc1ccccc1. The molecule has 0 saturated heterocycles. The standard InChI is InChI=1S/C21H26Cl2N4/c22-18-11-10-17(13-19(18)23)15-27(20(25)9-5-2-6-12-24)21(26)14-16-7-3-1-4-8-16/h1,3-4,7-8,10-11,13,25-26H,2,5-6,9,12,14-15,24H2. The first-order chi connectivity index (χ1) is 13.0. The Labute approximate surface area is 171 Å². The van der Waals surface area contributed by atoms with Gasteiger partial charge in [-0.15, -0.1) is 0 Å². The van der Waals surface area contributed by atoms with Crippen LogP contribution in [-0.2, 0) is 13.0 Å². The Kier molecular flexibility index (Phi) is 8.79. The number of benzene rings is 2. The fourth-order valence-corrected chi connectivity index (χ4v) is 3.13. The molecular weight excluding hydrogens is 379 g/mol. The largest absolute Gasteiger partial charge is 0.330 e. The van der Waals surface area contributed by atoms with E-state index < -0.39 is 0 Å². The Morgan fingerprint density at radius 2 is 1.59 bits per heavy atom. The monoisotopic (exact) mass is 404 g/mol. The van der Waals surface area contributed by atoms with Crippen molar-refractivity contribution in [1.29, 1.82) is 10.8 Å². The van der Waals surface area contributed by atoms with Crippen LogP contribution in [0, 0.1) is 10.8 Å². The molecule has 2 rings (SSSR count).